The van der Waals surface area contributed by atoms with E-state index in [1.807, 2.05) is 0 Å². The highest BCUT2D eigenvalue weighted by Crippen LogP contribution is 2.29. The highest BCUT2D eigenvalue weighted by Gasteiger charge is 2.16. The van der Waals surface area contributed by atoms with Crippen LogP contribution in [0.4, 0.5) is 11.4 Å². The first-order chi connectivity index (χ1) is 13.4. The Morgan fingerprint density at radius 2 is 1.86 bits per heavy atom. The molecule has 0 bridgehead atoms. The number of ether oxygens (including phenoxy) is 2. The molecule has 2 rings (SSSR count). The largest absolute Gasteiger partial charge is 0.495 e. The van der Waals surface area contributed by atoms with Gasteiger partial charge in [0.1, 0.15) is 17.4 Å². The number of nitro benzene ring substituents is 1. The standard InChI is InChI=1S/C19H15N3O6/c1-27-17-8-7-15(22(25)26)10-16(17)21-18(23)14(11-20)9-12-3-5-13(6-4-12)19(24)28-2/h3-10H,1-2H3,(H,21,23)/b14-9+. The van der Waals surface area contributed by atoms with Crippen LogP contribution >= 0.6 is 0 Å². The number of hydrogen-bond donors (Lipinski definition) is 1. The van der Waals surface area contributed by atoms with Gasteiger partial charge in [-0.2, -0.15) is 5.26 Å². The number of anilines is 1. The number of nitrogens with one attached hydrogen (secondary N) is 1. The second kappa shape index (κ2) is 8.95. The first-order valence-electron chi connectivity index (χ1n) is 7.83. The van der Waals surface area contributed by atoms with Gasteiger partial charge in [0.05, 0.1) is 30.4 Å². The van der Waals surface area contributed by atoms with Gasteiger partial charge in [0.2, 0.25) is 0 Å². The molecule has 0 unspecified atom stereocenters. The Kier molecular flexibility index (Phi) is 6.44. The van der Waals surface area contributed by atoms with Gasteiger partial charge in [-0.1, -0.05) is 12.1 Å². The number of carbonyl (C=O) groups excluding carboxylic acids is 2. The molecular weight excluding hydrogens is 366 g/mol. The second-order valence-corrected chi connectivity index (χ2v) is 5.38. The molecule has 0 atom stereocenters. The smallest absolute Gasteiger partial charge is 0.337 e. The van der Waals surface area contributed by atoms with E-state index in [4.69, 9.17) is 4.74 Å². The minimum absolute atomic E-state index is 0.0592. The molecule has 0 saturated carbocycles. The van der Waals surface area contributed by atoms with Gasteiger partial charge in [0.25, 0.3) is 11.6 Å². The van der Waals surface area contributed by atoms with E-state index < -0.39 is 16.8 Å². The Morgan fingerprint density at radius 3 is 2.39 bits per heavy atom. The lowest BCUT2D eigenvalue weighted by atomic mass is 10.1. The third kappa shape index (κ3) is 4.70. The van der Waals surface area contributed by atoms with Crippen LogP contribution in [0.3, 0.4) is 0 Å². The second-order valence-electron chi connectivity index (χ2n) is 5.38. The average molecular weight is 381 g/mol. The van der Waals surface area contributed by atoms with E-state index in [9.17, 15) is 25.0 Å². The summed E-state index contributed by atoms with van der Waals surface area (Å²) in [4.78, 5) is 34.2. The van der Waals surface area contributed by atoms with Crippen molar-refractivity contribution in [3.8, 4) is 11.8 Å². The number of nitriles is 1. The summed E-state index contributed by atoms with van der Waals surface area (Å²) < 4.78 is 9.68. The predicted molar refractivity (Wildman–Crippen MR) is 99.6 cm³/mol. The summed E-state index contributed by atoms with van der Waals surface area (Å²) in [5.74, 6) is -1.07. The number of nitro groups is 1. The van der Waals surface area contributed by atoms with Crippen molar-refractivity contribution in [1.29, 1.82) is 5.26 Å². The Morgan fingerprint density at radius 1 is 1.18 bits per heavy atom. The number of non-ortho nitro benzene ring substituents is 1. The van der Waals surface area contributed by atoms with E-state index in [-0.39, 0.29) is 22.7 Å². The SMILES string of the molecule is COC(=O)c1ccc(/C=C(\C#N)C(=O)Nc2cc([N+](=O)[O-])ccc2OC)cc1. The molecule has 0 heterocycles. The van der Waals surface area contributed by atoms with Gasteiger partial charge in [-0.15, -0.1) is 0 Å². The predicted octanol–water partition coefficient (Wildman–Crippen LogP) is 2.94. The van der Waals surface area contributed by atoms with Crippen LogP contribution in [0, 0.1) is 21.4 Å². The number of benzene rings is 2. The van der Waals surface area contributed by atoms with Crippen LogP contribution in [0.1, 0.15) is 15.9 Å². The van der Waals surface area contributed by atoms with E-state index in [0.717, 1.165) is 6.07 Å². The molecular formula is C19H15N3O6. The summed E-state index contributed by atoms with van der Waals surface area (Å²) in [5, 5.41) is 22.6. The molecule has 2 aromatic rings. The number of amides is 1. The van der Waals surface area contributed by atoms with Crippen LogP contribution in [0.2, 0.25) is 0 Å². The van der Waals surface area contributed by atoms with E-state index in [2.05, 4.69) is 10.1 Å². The quantitative estimate of drug-likeness (QED) is 0.267. The first kappa shape index (κ1) is 20.1. The summed E-state index contributed by atoms with van der Waals surface area (Å²) in [5.41, 5.74) is 0.412. The summed E-state index contributed by atoms with van der Waals surface area (Å²) in [7, 11) is 2.61. The van der Waals surface area contributed by atoms with Crippen LogP contribution in [0.25, 0.3) is 6.08 Å². The molecule has 2 aromatic carbocycles. The van der Waals surface area contributed by atoms with Crippen molar-refractivity contribution in [3.05, 3.63) is 69.3 Å². The molecule has 9 heteroatoms. The normalized spacial score (nSPS) is 10.5. The van der Waals surface area contributed by atoms with Gasteiger partial charge in [0, 0.05) is 12.1 Å². The first-order valence-corrected chi connectivity index (χ1v) is 7.83. The maximum Gasteiger partial charge on any atom is 0.337 e. The molecule has 0 aliphatic rings. The van der Waals surface area contributed by atoms with Crippen LogP contribution in [0.5, 0.6) is 5.75 Å². The summed E-state index contributed by atoms with van der Waals surface area (Å²) in [6.07, 6.45) is 1.32. The van der Waals surface area contributed by atoms with Crippen LogP contribution < -0.4 is 10.1 Å². The topological polar surface area (TPSA) is 132 Å². The van der Waals surface area contributed by atoms with E-state index in [0.29, 0.717) is 11.1 Å². The molecule has 0 radical (unpaired) electrons. The third-order valence-corrected chi connectivity index (χ3v) is 3.65. The molecule has 0 fully saturated rings. The van der Waals surface area contributed by atoms with E-state index in [1.54, 1.807) is 18.2 Å². The zero-order chi connectivity index (χ0) is 20.7. The summed E-state index contributed by atoms with van der Waals surface area (Å²) in [6, 6.07) is 11.6. The van der Waals surface area contributed by atoms with Crippen LogP contribution in [0.15, 0.2) is 48.0 Å². The number of hydrogen-bond acceptors (Lipinski definition) is 7. The zero-order valence-corrected chi connectivity index (χ0v) is 15.0. The maximum absolute atomic E-state index is 12.4. The van der Waals surface area contributed by atoms with Crippen molar-refractivity contribution in [1.82, 2.24) is 0 Å². The van der Waals surface area contributed by atoms with Gasteiger partial charge in [0.15, 0.2) is 0 Å². The van der Waals surface area contributed by atoms with Gasteiger partial charge in [-0.05, 0) is 29.8 Å². The lowest BCUT2D eigenvalue weighted by molar-refractivity contribution is -0.384. The van der Waals surface area contributed by atoms with E-state index in [1.165, 1.54) is 44.6 Å². The van der Waals surface area contributed by atoms with Gasteiger partial charge < -0.3 is 14.8 Å². The molecule has 0 aliphatic heterocycles. The molecule has 1 N–H and O–H groups in total. The minimum Gasteiger partial charge on any atom is -0.495 e. The molecule has 28 heavy (non-hydrogen) atoms. The maximum atomic E-state index is 12.4. The average Bonchev–Trinajstić information content (AvgIpc) is 2.71. The third-order valence-electron chi connectivity index (χ3n) is 3.65. The lowest BCUT2D eigenvalue weighted by Gasteiger charge is -2.09. The molecule has 0 aliphatic carbocycles. The van der Waals surface area contributed by atoms with Crippen molar-refractivity contribution in [2.24, 2.45) is 0 Å². The van der Waals surface area contributed by atoms with E-state index >= 15 is 0 Å². The Hall–Kier alpha value is -4.19. The van der Waals surface area contributed by atoms with Crippen LogP contribution in [-0.4, -0.2) is 31.0 Å². The molecule has 9 nitrogen and oxygen atoms in total. The highest BCUT2D eigenvalue weighted by molar-refractivity contribution is 6.10. The fourth-order valence-electron chi connectivity index (χ4n) is 2.25. The summed E-state index contributed by atoms with van der Waals surface area (Å²) >= 11 is 0. The van der Waals surface area contributed by atoms with Crippen molar-refractivity contribution in [3.63, 3.8) is 0 Å². The van der Waals surface area contributed by atoms with Crippen molar-refractivity contribution < 1.29 is 24.0 Å². The van der Waals surface area contributed by atoms with Crippen LogP contribution in [-0.2, 0) is 9.53 Å². The zero-order valence-electron chi connectivity index (χ0n) is 15.0. The minimum atomic E-state index is -0.765. The summed E-state index contributed by atoms with van der Waals surface area (Å²) in [6.45, 7) is 0. The lowest BCUT2D eigenvalue weighted by Crippen LogP contribution is -2.14. The van der Waals surface area contributed by atoms with Crippen molar-refractivity contribution in [2.45, 2.75) is 0 Å². The molecule has 0 aromatic heterocycles. The van der Waals surface area contributed by atoms with Gasteiger partial charge >= 0.3 is 5.97 Å². The molecule has 0 spiro atoms. The fourth-order valence-corrected chi connectivity index (χ4v) is 2.25. The van der Waals surface area contributed by atoms with Gasteiger partial charge in [-0.25, -0.2) is 4.79 Å². The number of methoxy groups -OCH3 is 2. The Balaban J connectivity index is 2.28. The van der Waals surface area contributed by atoms with Crippen molar-refractivity contribution in [2.75, 3.05) is 19.5 Å². The molecule has 1 amide bonds. The van der Waals surface area contributed by atoms with Gasteiger partial charge in [-0.3, -0.25) is 14.9 Å². The van der Waals surface area contributed by atoms with Crippen molar-refractivity contribution >= 4 is 29.3 Å². The number of nitrogens with zero attached hydrogens (tertiary/aromatic N) is 2. The monoisotopic (exact) mass is 381 g/mol. The fraction of sp³-hybridized carbons (Fsp3) is 0.105. The molecule has 142 valence electrons. The molecule has 0 saturated heterocycles. The Labute approximate surface area is 159 Å². The number of carbonyl (C=O) groups is 2. The highest BCUT2D eigenvalue weighted by atomic mass is 16.6. The number of esters is 1. The number of rotatable bonds is 6. The Bertz CT molecular complexity index is 990.